The van der Waals surface area contributed by atoms with Crippen molar-refractivity contribution in [2.24, 2.45) is 0 Å². The maximum Gasteiger partial charge on any atom is 0.234 e. The fourth-order valence-electron chi connectivity index (χ4n) is 3.49. The zero-order chi connectivity index (χ0) is 25.5. The Morgan fingerprint density at radius 2 is 1.75 bits per heavy atom. The molecule has 186 valence electrons. The van der Waals surface area contributed by atoms with Gasteiger partial charge in [0.2, 0.25) is 5.91 Å². The zero-order valence-electron chi connectivity index (χ0n) is 20.0. The quantitative estimate of drug-likeness (QED) is 0.265. The van der Waals surface area contributed by atoms with Gasteiger partial charge in [0.05, 0.1) is 37.3 Å². The largest absolute Gasteiger partial charge is 0.497 e. The molecule has 0 bridgehead atoms. The lowest BCUT2D eigenvalue weighted by atomic mass is 10.2. The Labute approximate surface area is 218 Å². The summed E-state index contributed by atoms with van der Waals surface area (Å²) >= 11 is 7.73. The topological polar surface area (TPSA) is 87.5 Å². The first-order valence-corrected chi connectivity index (χ1v) is 12.5. The molecule has 10 heteroatoms. The van der Waals surface area contributed by atoms with Crippen LogP contribution in [0.25, 0.3) is 17.1 Å². The molecule has 0 atom stereocenters. The Kier molecular flexibility index (Phi) is 8.35. The van der Waals surface area contributed by atoms with E-state index < -0.39 is 0 Å². The molecule has 36 heavy (non-hydrogen) atoms. The molecule has 1 heterocycles. The SMILES string of the molecule is CCOc1ccc(-n2c(SCC(=O)Nc3ccc(OC)cc3OC)nnc2-c2ccccc2Cl)cc1. The van der Waals surface area contributed by atoms with Crippen LogP contribution in [0.4, 0.5) is 5.69 Å². The van der Waals surface area contributed by atoms with E-state index >= 15 is 0 Å². The standard InChI is InChI=1S/C26H25ClN4O4S/c1-4-35-18-11-9-17(10-12-18)31-25(20-7-5-6-8-21(20)27)29-30-26(31)36-16-24(32)28-22-14-13-19(33-2)15-23(22)34-3/h5-15H,4,16H2,1-3H3,(H,28,32). The van der Waals surface area contributed by atoms with Crippen LogP contribution < -0.4 is 19.5 Å². The van der Waals surface area contributed by atoms with Crippen LogP contribution >= 0.6 is 23.4 Å². The molecular formula is C26H25ClN4O4S. The van der Waals surface area contributed by atoms with Crippen molar-refractivity contribution in [3.8, 4) is 34.3 Å². The summed E-state index contributed by atoms with van der Waals surface area (Å²) in [5, 5.41) is 12.7. The van der Waals surface area contributed by atoms with Gasteiger partial charge in [0.15, 0.2) is 11.0 Å². The van der Waals surface area contributed by atoms with Gasteiger partial charge in [-0.15, -0.1) is 10.2 Å². The van der Waals surface area contributed by atoms with Gasteiger partial charge in [-0.2, -0.15) is 0 Å². The van der Waals surface area contributed by atoms with E-state index in [0.717, 1.165) is 17.0 Å². The Morgan fingerprint density at radius 3 is 2.44 bits per heavy atom. The van der Waals surface area contributed by atoms with Crippen molar-refractivity contribution in [1.29, 1.82) is 0 Å². The number of nitrogens with zero attached hydrogens (tertiary/aromatic N) is 3. The molecule has 1 amide bonds. The molecule has 0 radical (unpaired) electrons. The lowest BCUT2D eigenvalue weighted by Gasteiger charge is -2.13. The van der Waals surface area contributed by atoms with Crippen LogP contribution in [-0.4, -0.2) is 47.3 Å². The number of rotatable bonds is 10. The van der Waals surface area contributed by atoms with Crippen molar-refractivity contribution in [2.45, 2.75) is 12.1 Å². The van der Waals surface area contributed by atoms with Crippen LogP contribution in [0.5, 0.6) is 17.2 Å². The van der Waals surface area contributed by atoms with E-state index in [1.165, 1.54) is 18.9 Å². The second-order valence-electron chi connectivity index (χ2n) is 7.45. The van der Waals surface area contributed by atoms with E-state index in [9.17, 15) is 4.79 Å². The predicted octanol–water partition coefficient (Wildman–Crippen LogP) is 5.73. The van der Waals surface area contributed by atoms with Gasteiger partial charge in [0, 0.05) is 17.3 Å². The number of aromatic nitrogens is 3. The summed E-state index contributed by atoms with van der Waals surface area (Å²) in [4.78, 5) is 12.8. The number of anilines is 1. The number of carbonyl (C=O) groups excluding carboxylic acids is 1. The molecule has 0 aliphatic heterocycles. The summed E-state index contributed by atoms with van der Waals surface area (Å²) in [6.45, 7) is 2.51. The van der Waals surface area contributed by atoms with Gasteiger partial charge < -0.3 is 19.5 Å². The molecule has 4 rings (SSSR count). The number of hydrogen-bond acceptors (Lipinski definition) is 7. The Hall–Kier alpha value is -3.69. The lowest BCUT2D eigenvalue weighted by molar-refractivity contribution is -0.113. The van der Waals surface area contributed by atoms with Crippen molar-refractivity contribution < 1.29 is 19.0 Å². The van der Waals surface area contributed by atoms with Gasteiger partial charge in [-0.1, -0.05) is 35.5 Å². The van der Waals surface area contributed by atoms with Crippen LogP contribution in [0.15, 0.2) is 71.9 Å². The Bertz CT molecular complexity index is 1340. The van der Waals surface area contributed by atoms with Gasteiger partial charge >= 0.3 is 0 Å². The van der Waals surface area contributed by atoms with Crippen molar-refractivity contribution in [3.63, 3.8) is 0 Å². The zero-order valence-corrected chi connectivity index (χ0v) is 21.6. The van der Waals surface area contributed by atoms with Gasteiger partial charge in [0.1, 0.15) is 17.2 Å². The summed E-state index contributed by atoms with van der Waals surface area (Å²) in [7, 11) is 3.11. The molecule has 4 aromatic rings. The van der Waals surface area contributed by atoms with E-state index in [4.69, 9.17) is 25.8 Å². The van der Waals surface area contributed by atoms with E-state index in [1.54, 1.807) is 31.4 Å². The van der Waals surface area contributed by atoms with E-state index in [0.29, 0.717) is 39.8 Å². The molecule has 0 aliphatic rings. The number of benzene rings is 3. The second kappa shape index (κ2) is 11.8. The van der Waals surface area contributed by atoms with Crippen molar-refractivity contribution in [1.82, 2.24) is 14.8 Å². The predicted molar refractivity (Wildman–Crippen MR) is 142 cm³/mol. The number of thioether (sulfide) groups is 1. The molecule has 1 aromatic heterocycles. The van der Waals surface area contributed by atoms with Crippen molar-refractivity contribution in [3.05, 3.63) is 71.8 Å². The summed E-state index contributed by atoms with van der Waals surface area (Å²) in [5.41, 5.74) is 2.10. The highest BCUT2D eigenvalue weighted by molar-refractivity contribution is 7.99. The molecule has 0 fully saturated rings. The highest BCUT2D eigenvalue weighted by Gasteiger charge is 2.19. The van der Waals surface area contributed by atoms with Crippen LogP contribution in [0.1, 0.15) is 6.92 Å². The Balaban J connectivity index is 1.60. The first-order chi connectivity index (χ1) is 17.5. The van der Waals surface area contributed by atoms with Crippen LogP contribution in [0.3, 0.4) is 0 Å². The minimum absolute atomic E-state index is 0.104. The van der Waals surface area contributed by atoms with Crippen molar-refractivity contribution in [2.75, 3.05) is 31.9 Å². The Morgan fingerprint density at radius 1 is 1.00 bits per heavy atom. The molecule has 0 spiro atoms. The summed E-state index contributed by atoms with van der Waals surface area (Å²) < 4.78 is 18.0. The number of hydrogen-bond donors (Lipinski definition) is 1. The summed E-state index contributed by atoms with van der Waals surface area (Å²) in [6, 6.07) is 20.2. The molecule has 3 aromatic carbocycles. The second-order valence-corrected chi connectivity index (χ2v) is 8.80. The van der Waals surface area contributed by atoms with Gasteiger partial charge in [-0.05, 0) is 55.5 Å². The fourth-order valence-corrected chi connectivity index (χ4v) is 4.46. The van der Waals surface area contributed by atoms with E-state index in [-0.39, 0.29) is 11.7 Å². The lowest BCUT2D eigenvalue weighted by Crippen LogP contribution is -2.15. The normalized spacial score (nSPS) is 10.7. The molecule has 0 saturated carbocycles. The minimum atomic E-state index is -0.219. The van der Waals surface area contributed by atoms with Gasteiger partial charge in [0.25, 0.3) is 0 Å². The molecule has 0 aliphatic carbocycles. The highest BCUT2D eigenvalue weighted by atomic mass is 35.5. The third-order valence-corrected chi connectivity index (χ3v) is 6.43. The van der Waals surface area contributed by atoms with Crippen LogP contribution in [0.2, 0.25) is 5.02 Å². The third kappa shape index (κ3) is 5.75. The number of carbonyl (C=O) groups is 1. The fraction of sp³-hybridized carbons (Fsp3) is 0.192. The van der Waals surface area contributed by atoms with Gasteiger partial charge in [-0.25, -0.2) is 0 Å². The molecule has 0 saturated heterocycles. The number of amides is 1. The number of halogens is 1. The summed E-state index contributed by atoms with van der Waals surface area (Å²) in [5.74, 6) is 2.36. The maximum absolute atomic E-state index is 12.8. The molecule has 0 unspecified atom stereocenters. The molecule has 8 nitrogen and oxygen atoms in total. The average molecular weight is 525 g/mol. The number of methoxy groups -OCH3 is 2. The highest BCUT2D eigenvalue weighted by Crippen LogP contribution is 2.33. The first-order valence-electron chi connectivity index (χ1n) is 11.1. The van der Waals surface area contributed by atoms with Crippen LogP contribution in [0, 0.1) is 0 Å². The molecule has 1 N–H and O–H groups in total. The van der Waals surface area contributed by atoms with Gasteiger partial charge in [-0.3, -0.25) is 9.36 Å². The average Bonchev–Trinajstić information content (AvgIpc) is 3.32. The smallest absolute Gasteiger partial charge is 0.234 e. The minimum Gasteiger partial charge on any atom is -0.497 e. The van der Waals surface area contributed by atoms with Crippen molar-refractivity contribution >= 4 is 35.0 Å². The van der Waals surface area contributed by atoms with E-state index in [2.05, 4.69) is 15.5 Å². The van der Waals surface area contributed by atoms with E-state index in [1.807, 2.05) is 54.0 Å². The summed E-state index contributed by atoms with van der Waals surface area (Å²) in [6.07, 6.45) is 0. The number of ether oxygens (including phenoxy) is 3. The first kappa shape index (κ1) is 25.4. The molecular weight excluding hydrogens is 500 g/mol. The third-order valence-electron chi connectivity index (χ3n) is 5.17. The van der Waals surface area contributed by atoms with Crippen LogP contribution in [-0.2, 0) is 4.79 Å². The monoisotopic (exact) mass is 524 g/mol. The maximum atomic E-state index is 12.8. The number of nitrogens with one attached hydrogen (secondary N) is 1.